The fourth-order valence-electron chi connectivity index (χ4n) is 3.04. The van der Waals surface area contributed by atoms with Gasteiger partial charge in [0.15, 0.2) is 0 Å². The molecule has 1 aromatic heterocycles. The molecular formula is C21H16N2O. The van der Waals surface area contributed by atoms with Crippen LogP contribution in [0.25, 0.3) is 11.0 Å². The molecule has 3 heteroatoms. The van der Waals surface area contributed by atoms with Crippen LogP contribution in [0.15, 0.2) is 91.3 Å². The third-order valence-corrected chi connectivity index (χ3v) is 4.20. The molecule has 0 aliphatic carbocycles. The number of carbonyl (C=O) groups excluding carboxylic acids is 1. The van der Waals surface area contributed by atoms with E-state index in [0.29, 0.717) is 0 Å². The first-order valence-corrected chi connectivity index (χ1v) is 7.91. The lowest BCUT2D eigenvalue weighted by atomic mass is 9.90. The second-order valence-electron chi connectivity index (χ2n) is 5.70. The van der Waals surface area contributed by atoms with Gasteiger partial charge in [0.1, 0.15) is 6.33 Å². The van der Waals surface area contributed by atoms with Gasteiger partial charge in [-0.15, -0.1) is 0 Å². The fourth-order valence-corrected chi connectivity index (χ4v) is 3.04. The zero-order valence-corrected chi connectivity index (χ0v) is 13.0. The van der Waals surface area contributed by atoms with Crippen LogP contribution < -0.4 is 0 Å². The lowest BCUT2D eigenvalue weighted by molar-refractivity contribution is 0.0898. The smallest absolute Gasteiger partial charge is 0.244 e. The number of nitrogens with zero attached hydrogens (tertiary/aromatic N) is 2. The van der Waals surface area contributed by atoms with Gasteiger partial charge in [-0.05, 0) is 23.3 Å². The standard InChI is InChI=1S/C21H16N2O/c24-21(23-15-22-18-13-7-8-14-19(18)23)20(16-9-3-1-4-10-16)17-11-5-2-6-12-17/h1-15,20H. The quantitative estimate of drug-likeness (QED) is 0.558. The first-order chi connectivity index (χ1) is 11.8. The molecule has 0 saturated heterocycles. The number of rotatable bonds is 3. The van der Waals surface area contributed by atoms with E-state index >= 15 is 0 Å². The molecule has 0 atom stereocenters. The second-order valence-corrected chi connectivity index (χ2v) is 5.70. The second kappa shape index (κ2) is 6.13. The van der Waals surface area contributed by atoms with Gasteiger partial charge in [0.25, 0.3) is 0 Å². The Kier molecular flexibility index (Phi) is 3.67. The van der Waals surface area contributed by atoms with E-state index in [-0.39, 0.29) is 11.8 Å². The minimum Gasteiger partial charge on any atom is -0.273 e. The maximum absolute atomic E-state index is 13.3. The summed E-state index contributed by atoms with van der Waals surface area (Å²) >= 11 is 0. The number of para-hydroxylation sites is 2. The number of fused-ring (bicyclic) bond motifs is 1. The maximum atomic E-state index is 13.3. The molecule has 0 spiro atoms. The van der Waals surface area contributed by atoms with Crippen molar-refractivity contribution < 1.29 is 4.79 Å². The lowest BCUT2D eigenvalue weighted by Crippen LogP contribution is -2.20. The van der Waals surface area contributed by atoms with Crippen LogP contribution in [0.1, 0.15) is 21.8 Å². The number of hydrogen-bond acceptors (Lipinski definition) is 2. The molecule has 0 amide bonds. The molecule has 4 rings (SSSR count). The summed E-state index contributed by atoms with van der Waals surface area (Å²) in [6.45, 7) is 0. The van der Waals surface area contributed by atoms with Gasteiger partial charge >= 0.3 is 0 Å². The van der Waals surface area contributed by atoms with Crippen LogP contribution >= 0.6 is 0 Å². The van der Waals surface area contributed by atoms with Crippen LogP contribution in [0.2, 0.25) is 0 Å². The summed E-state index contributed by atoms with van der Waals surface area (Å²) in [6, 6.07) is 27.4. The van der Waals surface area contributed by atoms with E-state index in [0.717, 1.165) is 22.2 Å². The number of hydrogen-bond donors (Lipinski definition) is 0. The lowest BCUT2D eigenvalue weighted by Gasteiger charge is -2.17. The van der Waals surface area contributed by atoms with Gasteiger partial charge in [-0.3, -0.25) is 9.36 Å². The van der Waals surface area contributed by atoms with E-state index in [4.69, 9.17) is 0 Å². The van der Waals surface area contributed by atoms with Crippen LogP contribution in [0.5, 0.6) is 0 Å². The summed E-state index contributed by atoms with van der Waals surface area (Å²) in [5.41, 5.74) is 3.61. The van der Waals surface area contributed by atoms with Gasteiger partial charge in [-0.2, -0.15) is 0 Å². The molecule has 0 radical (unpaired) electrons. The largest absolute Gasteiger partial charge is 0.273 e. The van der Waals surface area contributed by atoms with Crippen LogP contribution in [0.4, 0.5) is 0 Å². The molecule has 0 aliphatic rings. The average Bonchev–Trinajstić information content (AvgIpc) is 3.08. The summed E-state index contributed by atoms with van der Waals surface area (Å²) in [5, 5.41) is 0. The Morgan fingerprint density at radius 2 is 1.29 bits per heavy atom. The Morgan fingerprint density at radius 3 is 1.92 bits per heavy atom. The molecular weight excluding hydrogens is 296 g/mol. The highest BCUT2D eigenvalue weighted by Gasteiger charge is 2.25. The number of imidazole rings is 1. The third kappa shape index (κ3) is 2.50. The van der Waals surface area contributed by atoms with E-state index in [2.05, 4.69) is 4.98 Å². The zero-order valence-electron chi connectivity index (χ0n) is 13.0. The highest BCUT2D eigenvalue weighted by molar-refractivity contribution is 5.95. The van der Waals surface area contributed by atoms with Gasteiger partial charge < -0.3 is 0 Å². The summed E-state index contributed by atoms with van der Waals surface area (Å²) in [7, 11) is 0. The Hall–Kier alpha value is -3.20. The van der Waals surface area contributed by atoms with Crippen molar-refractivity contribution in [2.45, 2.75) is 5.92 Å². The molecule has 0 aliphatic heterocycles. The van der Waals surface area contributed by atoms with Crippen LogP contribution in [-0.2, 0) is 0 Å². The average molecular weight is 312 g/mol. The normalized spacial score (nSPS) is 11.0. The van der Waals surface area contributed by atoms with Crippen molar-refractivity contribution in [1.29, 1.82) is 0 Å². The Balaban J connectivity index is 1.86. The first-order valence-electron chi connectivity index (χ1n) is 7.91. The van der Waals surface area contributed by atoms with Gasteiger partial charge in [0, 0.05) is 0 Å². The topological polar surface area (TPSA) is 34.9 Å². The van der Waals surface area contributed by atoms with Gasteiger partial charge in [0.05, 0.1) is 17.0 Å². The zero-order chi connectivity index (χ0) is 16.4. The van der Waals surface area contributed by atoms with E-state index in [1.54, 1.807) is 10.9 Å². The molecule has 3 aromatic carbocycles. The van der Waals surface area contributed by atoms with Gasteiger partial charge in [-0.1, -0.05) is 72.8 Å². The monoisotopic (exact) mass is 312 g/mol. The van der Waals surface area contributed by atoms with E-state index in [1.807, 2.05) is 84.9 Å². The summed E-state index contributed by atoms with van der Waals surface area (Å²) in [4.78, 5) is 17.7. The summed E-state index contributed by atoms with van der Waals surface area (Å²) in [5.74, 6) is -0.355. The highest BCUT2D eigenvalue weighted by Crippen LogP contribution is 2.27. The number of aromatic nitrogens is 2. The minimum atomic E-state index is -0.356. The van der Waals surface area contributed by atoms with Crippen LogP contribution in [0, 0.1) is 0 Å². The third-order valence-electron chi connectivity index (χ3n) is 4.20. The van der Waals surface area contributed by atoms with Crippen LogP contribution in [-0.4, -0.2) is 15.5 Å². The van der Waals surface area contributed by atoms with Crippen molar-refractivity contribution in [3.8, 4) is 0 Å². The summed E-state index contributed by atoms with van der Waals surface area (Å²) in [6.07, 6.45) is 1.62. The fraction of sp³-hybridized carbons (Fsp3) is 0.0476. The van der Waals surface area contributed by atoms with Gasteiger partial charge in [0.2, 0.25) is 5.91 Å². The van der Waals surface area contributed by atoms with Crippen LogP contribution in [0.3, 0.4) is 0 Å². The molecule has 1 heterocycles. The van der Waals surface area contributed by atoms with Crippen molar-refractivity contribution in [1.82, 2.24) is 9.55 Å². The van der Waals surface area contributed by atoms with Crippen molar-refractivity contribution in [2.24, 2.45) is 0 Å². The summed E-state index contributed by atoms with van der Waals surface area (Å²) < 4.78 is 1.65. The first kappa shape index (κ1) is 14.4. The SMILES string of the molecule is O=C(C(c1ccccc1)c1ccccc1)n1cnc2ccccc21. The van der Waals surface area contributed by atoms with E-state index in [1.165, 1.54) is 0 Å². The Labute approximate surface area is 140 Å². The van der Waals surface area contributed by atoms with E-state index in [9.17, 15) is 4.79 Å². The van der Waals surface area contributed by atoms with E-state index < -0.39 is 0 Å². The van der Waals surface area contributed by atoms with Crippen molar-refractivity contribution in [2.75, 3.05) is 0 Å². The Bertz CT molecular complexity index is 935. The number of carbonyl (C=O) groups is 1. The molecule has 116 valence electrons. The molecule has 4 aromatic rings. The highest BCUT2D eigenvalue weighted by atomic mass is 16.2. The Morgan fingerprint density at radius 1 is 0.750 bits per heavy atom. The molecule has 0 saturated carbocycles. The molecule has 24 heavy (non-hydrogen) atoms. The van der Waals surface area contributed by atoms with Crippen molar-refractivity contribution in [3.05, 3.63) is 102 Å². The predicted molar refractivity (Wildman–Crippen MR) is 95.1 cm³/mol. The molecule has 0 unspecified atom stereocenters. The minimum absolute atomic E-state index is 0.00102. The van der Waals surface area contributed by atoms with Crippen molar-refractivity contribution in [3.63, 3.8) is 0 Å². The van der Waals surface area contributed by atoms with Crippen molar-refractivity contribution >= 4 is 16.9 Å². The molecule has 0 fully saturated rings. The predicted octanol–water partition coefficient (Wildman–Crippen LogP) is 4.51. The van der Waals surface area contributed by atoms with Gasteiger partial charge in [-0.25, -0.2) is 4.98 Å². The molecule has 0 bridgehead atoms. The number of benzene rings is 3. The molecule has 3 nitrogen and oxygen atoms in total. The maximum Gasteiger partial charge on any atom is 0.244 e. The molecule has 0 N–H and O–H groups in total.